The zero-order chi connectivity index (χ0) is 11.2. The predicted molar refractivity (Wildman–Crippen MR) is 67.4 cm³/mol. The minimum absolute atomic E-state index is 0.825. The van der Waals surface area contributed by atoms with Gasteiger partial charge < -0.3 is 10.6 Å². The topological polar surface area (TPSA) is 36.4 Å². The van der Waals surface area contributed by atoms with E-state index in [0.717, 1.165) is 25.0 Å². The summed E-state index contributed by atoms with van der Waals surface area (Å²) in [5, 5.41) is 6.65. The third-order valence-corrected chi connectivity index (χ3v) is 2.78. The van der Waals surface area contributed by atoms with Gasteiger partial charge in [0.15, 0.2) is 5.96 Å². The molecule has 0 saturated heterocycles. The molecule has 0 aromatic heterocycles. The highest BCUT2D eigenvalue weighted by molar-refractivity contribution is 5.79. The smallest absolute Gasteiger partial charge is 0.191 e. The highest BCUT2D eigenvalue weighted by atomic mass is 15.2. The van der Waals surface area contributed by atoms with Crippen LogP contribution < -0.4 is 10.6 Å². The van der Waals surface area contributed by atoms with Crippen LogP contribution in [-0.2, 0) is 6.54 Å². The SMILES string of the molecule is CN=C(NCc1ccccc1)NCC1CC1. The second-order valence-corrected chi connectivity index (χ2v) is 4.24. The molecular weight excluding hydrogens is 198 g/mol. The lowest BCUT2D eigenvalue weighted by Gasteiger charge is -2.11. The molecule has 1 saturated carbocycles. The summed E-state index contributed by atoms with van der Waals surface area (Å²) in [5.41, 5.74) is 1.27. The number of benzene rings is 1. The second kappa shape index (κ2) is 5.54. The van der Waals surface area contributed by atoms with Crippen molar-refractivity contribution in [1.82, 2.24) is 10.6 Å². The van der Waals surface area contributed by atoms with E-state index in [1.807, 2.05) is 13.1 Å². The van der Waals surface area contributed by atoms with Crippen molar-refractivity contribution >= 4 is 5.96 Å². The molecule has 2 N–H and O–H groups in total. The van der Waals surface area contributed by atoms with E-state index in [1.165, 1.54) is 18.4 Å². The van der Waals surface area contributed by atoms with Crippen LogP contribution in [0.25, 0.3) is 0 Å². The molecule has 1 aromatic carbocycles. The van der Waals surface area contributed by atoms with Crippen LogP contribution in [-0.4, -0.2) is 19.6 Å². The predicted octanol–water partition coefficient (Wildman–Crippen LogP) is 1.76. The van der Waals surface area contributed by atoms with Gasteiger partial charge in [-0.05, 0) is 24.3 Å². The summed E-state index contributed by atoms with van der Waals surface area (Å²) < 4.78 is 0. The molecule has 0 amide bonds. The molecule has 0 unspecified atom stereocenters. The molecule has 1 aliphatic rings. The van der Waals surface area contributed by atoms with Crippen molar-refractivity contribution in [2.45, 2.75) is 19.4 Å². The maximum atomic E-state index is 4.20. The van der Waals surface area contributed by atoms with E-state index in [2.05, 4.69) is 39.9 Å². The van der Waals surface area contributed by atoms with Gasteiger partial charge in [0.25, 0.3) is 0 Å². The third kappa shape index (κ3) is 3.57. The number of aliphatic imine (C=N–C) groups is 1. The van der Waals surface area contributed by atoms with Crippen molar-refractivity contribution in [1.29, 1.82) is 0 Å². The Morgan fingerprint density at radius 1 is 1.25 bits per heavy atom. The molecule has 0 aliphatic heterocycles. The highest BCUT2D eigenvalue weighted by Gasteiger charge is 2.20. The fourth-order valence-electron chi connectivity index (χ4n) is 1.57. The average Bonchev–Trinajstić information content (AvgIpc) is 3.15. The van der Waals surface area contributed by atoms with Crippen molar-refractivity contribution in [3.63, 3.8) is 0 Å². The Balaban J connectivity index is 1.74. The molecule has 2 rings (SSSR count). The molecule has 16 heavy (non-hydrogen) atoms. The van der Waals surface area contributed by atoms with E-state index >= 15 is 0 Å². The van der Waals surface area contributed by atoms with E-state index in [0.29, 0.717) is 0 Å². The molecule has 3 nitrogen and oxygen atoms in total. The maximum Gasteiger partial charge on any atom is 0.191 e. The molecule has 0 bridgehead atoms. The first kappa shape index (κ1) is 11.0. The summed E-state index contributed by atoms with van der Waals surface area (Å²) in [6.07, 6.45) is 2.73. The number of guanidine groups is 1. The van der Waals surface area contributed by atoms with E-state index in [-0.39, 0.29) is 0 Å². The Kier molecular flexibility index (Phi) is 3.81. The van der Waals surface area contributed by atoms with Gasteiger partial charge in [-0.15, -0.1) is 0 Å². The fourth-order valence-corrected chi connectivity index (χ4v) is 1.57. The van der Waals surface area contributed by atoms with Gasteiger partial charge in [-0.1, -0.05) is 30.3 Å². The molecule has 0 radical (unpaired) electrons. The lowest BCUT2D eigenvalue weighted by atomic mass is 10.2. The first-order valence-electron chi connectivity index (χ1n) is 5.87. The van der Waals surface area contributed by atoms with Gasteiger partial charge >= 0.3 is 0 Å². The standard InChI is InChI=1S/C13H19N3/c1-14-13(16-10-12-7-8-12)15-9-11-5-3-2-4-6-11/h2-6,12H,7-10H2,1H3,(H2,14,15,16). The molecule has 0 spiro atoms. The second-order valence-electron chi connectivity index (χ2n) is 4.24. The van der Waals surface area contributed by atoms with Gasteiger partial charge in [-0.25, -0.2) is 0 Å². The molecule has 0 atom stereocenters. The van der Waals surface area contributed by atoms with Gasteiger partial charge in [0, 0.05) is 20.1 Å². The van der Waals surface area contributed by atoms with Crippen molar-refractivity contribution in [2.24, 2.45) is 10.9 Å². The molecular formula is C13H19N3. The molecule has 1 aliphatic carbocycles. The number of nitrogens with one attached hydrogen (secondary N) is 2. The third-order valence-electron chi connectivity index (χ3n) is 2.78. The molecule has 0 heterocycles. The van der Waals surface area contributed by atoms with Crippen LogP contribution in [0.2, 0.25) is 0 Å². The minimum Gasteiger partial charge on any atom is -0.356 e. The van der Waals surface area contributed by atoms with Gasteiger partial charge in [0.2, 0.25) is 0 Å². The Bertz CT molecular complexity index is 341. The largest absolute Gasteiger partial charge is 0.356 e. The van der Waals surface area contributed by atoms with Crippen LogP contribution in [0.3, 0.4) is 0 Å². The summed E-state index contributed by atoms with van der Waals surface area (Å²) in [5.74, 6) is 1.77. The summed E-state index contributed by atoms with van der Waals surface area (Å²) in [6.45, 7) is 1.87. The maximum absolute atomic E-state index is 4.20. The first-order valence-corrected chi connectivity index (χ1v) is 5.87. The summed E-state index contributed by atoms with van der Waals surface area (Å²) in [6, 6.07) is 10.4. The van der Waals surface area contributed by atoms with Crippen molar-refractivity contribution < 1.29 is 0 Å². The monoisotopic (exact) mass is 217 g/mol. The quantitative estimate of drug-likeness (QED) is 0.595. The van der Waals surface area contributed by atoms with Crippen LogP contribution in [0.1, 0.15) is 18.4 Å². The number of hydrogen-bond acceptors (Lipinski definition) is 1. The van der Waals surface area contributed by atoms with Crippen molar-refractivity contribution in [3.8, 4) is 0 Å². The minimum atomic E-state index is 0.825. The summed E-state index contributed by atoms with van der Waals surface area (Å²) in [4.78, 5) is 4.20. The first-order chi connectivity index (χ1) is 7.88. The van der Waals surface area contributed by atoms with E-state index < -0.39 is 0 Å². The normalized spacial score (nSPS) is 15.9. The molecule has 1 aromatic rings. The van der Waals surface area contributed by atoms with Crippen LogP contribution in [0.15, 0.2) is 35.3 Å². The number of nitrogens with zero attached hydrogens (tertiary/aromatic N) is 1. The highest BCUT2D eigenvalue weighted by Crippen LogP contribution is 2.27. The van der Waals surface area contributed by atoms with Gasteiger partial charge in [-0.3, -0.25) is 4.99 Å². The van der Waals surface area contributed by atoms with Crippen molar-refractivity contribution in [2.75, 3.05) is 13.6 Å². The Labute approximate surface area is 97.0 Å². The van der Waals surface area contributed by atoms with Crippen molar-refractivity contribution in [3.05, 3.63) is 35.9 Å². The Hall–Kier alpha value is -1.51. The van der Waals surface area contributed by atoms with E-state index in [9.17, 15) is 0 Å². The van der Waals surface area contributed by atoms with Gasteiger partial charge in [0.05, 0.1) is 0 Å². The molecule has 1 fully saturated rings. The molecule has 86 valence electrons. The molecule has 3 heteroatoms. The Morgan fingerprint density at radius 3 is 2.62 bits per heavy atom. The lowest BCUT2D eigenvalue weighted by Crippen LogP contribution is -2.37. The summed E-state index contributed by atoms with van der Waals surface area (Å²) >= 11 is 0. The van der Waals surface area contributed by atoms with Crippen LogP contribution in [0, 0.1) is 5.92 Å². The zero-order valence-electron chi connectivity index (χ0n) is 9.74. The number of hydrogen-bond donors (Lipinski definition) is 2. The lowest BCUT2D eigenvalue weighted by molar-refractivity contribution is 0.737. The van der Waals surface area contributed by atoms with E-state index in [4.69, 9.17) is 0 Å². The van der Waals surface area contributed by atoms with Crippen LogP contribution >= 0.6 is 0 Å². The van der Waals surface area contributed by atoms with E-state index in [1.54, 1.807) is 0 Å². The van der Waals surface area contributed by atoms with Crippen LogP contribution in [0.4, 0.5) is 0 Å². The number of rotatable bonds is 4. The fraction of sp³-hybridized carbons (Fsp3) is 0.462. The van der Waals surface area contributed by atoms with Crippen LogP contribution in [0.5, 0.6) is 0 Å². The average molecular weight is 217 g/mol. The Morgan fingerprint density at radius 2 is 2.00 bits per heavy atom. The zero-order valence-corrected chi connectivity index (χ0v) is 9.74. The van der Waals surface area contributed by atoms with Gasteiger partial charge in [-0.2, -0.15) is 0 Å². The summed E-state index contributed by atoms with van der Waals surface area (Å²) in [7, 11) is 1.81. The van der Waals surface area contributed by atoms with Gasteiger partial charge in [0.1, 0.15) is 0 Å².